The quantitative estimate of drug-likeness (QED) is 0.329. The molecule has 1 fully saturated rings. The molecule has 0 saturated heterocycles. The van der Waals surface area contributed by atoms with Crippen LogP contribution in [0.25, 0.3) is 0 Å². The van der Waals surface area contributed by atoms with Crippen molar-refractivity contribution in [3.63, 3.8) is 0 Å². The number of aliphatic hydroxyl groups excluding tert-OH is 2. The predicted octanol–water partition coefficient (Wildman–Crippen LogP) is 2.58. The fourth-order valence-electron chi connectivity index (χ4n) is 3.44. The molecular weight excluding hydrogens is 382 g/mol. The van der Waals surface area contributed by atoms with Crippen molar-refractivity contribution < 1.29 is 29.6 Å². The summed E-state index contributed by atoms with van der Waals surface area (Å²) in [5, 5.41) is 33.7. The topological polar surface area (TPSA) is 116 Å². The Hall–Kier alpha value is -1.90. The molecule has 4 N–H and O–H groups in total. The van der Waals surface area contributed by atoms with Crippen molar-refractivity contribution >= 4 is 23.4 Å². The van der Waals surface area contributed by atoms with Gasteiger partial charge in [-0.15, -0.1) is 11.3 Å². The monoisotopic (exact) mass is 411 g/mol. The first-order valence-electron chi connectivity index (χ1n) is 9.63. The normalized spacial score (nSPS) is 24.5. The second-order valence-electron chi connectivity index (χ2n) is 7.05. The van der Waals surface area contributed by atoms with Gasteiger partial charge in [0.05, 0.1) is 18.8 Å². The Balaban J connectivity index is 1.70. The fourth-order valence-corrected chi connectivity index (χ4v) is 4.15. The van der Waals surface area contributed by atoms with Crippen LogP contribution in [0.1, 0.15) is 37.0 Å². The zero-order valence-corrected chi connectivity index (χ0v) is 16.6. The lowest BCUT2D eigenvalue weighted by Gasteiger charge is -2.22. The molecule has 0 spiro atoms. The van der Waals surface area contributed by atoms with Gasteiger partial charge in [0, 0.05) is 23.8 Å². The first-order chi connectivity index (χ1) is 13.5. The number of hydrogen-bond donors (Lipinski definition) is 4. The van der Waals surface area contributed by atoms with E-state index in [9.17, 15) is 19.8 Å². The molecule has 1 aromatic heterocycles. The third-order valence-corrected chi connectivity index (χ3v) is 5.92. The van der Waals surface area contributed by atoms with E-state index in [1.165, 1.54) is 4.88 Å². The number of aliphatic carboxylic acids is 1. The maximum Gasteiger partial charge on any atom is 0.407 e. The number of alkyl carbamates (subject to hydrolysis) is 1. The summed E-state index contributed by atoms with van der Waals surface area (Å²) in [6.07, 6.45) is 4.86. The van der Waals surface area contributed by atoms with E-state index in [1.807, 2.05) is 29.7 Å². The Morgan fingerprint density at radius 1 is 1.25 bits per heavy atom. The molecule has 156 valence electrons. The van der Waals surface area contributed by atoms with Crippen LogP contribution in [-0.4, -0.2) is 52.7 Å². The molecule has 8 heteroatoms. The number of carbonyl (C=O) groups is 2. The minimum atomic E-state index is -0.811. The second kappa shape index (κ2) is 11.8. The van der Waals surface area contributed by atoms with E-state index < -0.39 is 24.3 Å². The van der Waals surface area contributed by atoms with Gasteiger partial charge in [-0.1, -0.05) is 18.2 Å². The van der Waals surface area contributed by atoms with Gasteiger partial charge >= 0.3 is 12.1 Å². The smallest absolute Gasteiger partial charge is 0.407 e. The maximum atomic E-state index is 11.9. The molecule has 4 atom stereocenters. The number of hydrogen-bond acceptors (Lipinski definition) is 6. The highest BCUT2D eigenvalue weighted by Gasteiger charge is 2.41. The number of carboxylic acid groups (broad SMARTS) is 1. The Morgan fingerprint density at radius 2 is 2.04 bits per heavy atom. The molecule has 28 heavy (non-hydrogen) atoms. The van der Waals surface area contributed by atoms with E-state index in [-0.39, 0.29) is 31.3 Å². The molecule has 0 aliphatic heterocycles. The number of allylic oxidation sites excluding steroid dienone is 2. The average Bonchev–Trinajstić information content (AvgIpc) is 3.24. The lowest BCUT2D eigenvalue weighted by atomic mass is 9.91. The minimum Gasteiger partial charge on any atom is -0.481 e. The molecule has 0 bridgehead atoms. The number of aliphatic hydroxyl groups is 2. The van der Waals surface area contributed by atoms with Crippen LogP contribution in [-0.2, 0) is 16.0 Å². The Labute approximate surface area is 169 Å². The van der Waals surface area contributed by atoms with E-state index in [0.29, 0.717) is 25.8 Å². The number of thiophene rings is 1. The highest BCUT2D eigenvalue weighted by atomic mass is 32.1. The molecule has 1 aliphatic rings. The van der Waals surface area contributed by atoms with Gasteiger partial charge < -0.3 is 25.4 Å². The molecule has 1 saturated carbocycles. The summed E-state index contributed by atoms with van der Waals surface area (Å²) < 4.78 is 5.26. The summed E-state index contributed by atoms with van der Waals surface area (Å²) in [6, 6.07) is 3.97. The molecule has 1 aliphatic carbocycles. The highest BCUT2D eigenvalue weighted by Crippen LogP contribution is 2.35. The molecular formula is C20H29NO6S. The van der Waals surface area contributed by atoms with Crippen LogP contribution in [0, 0.1) is 11.8 Å². The van der Waals surface area contributed by atoms with Crippen LogP contribution in [0.15, 0.2) is 29.7 Å². The second-order valence-corrected chi connectivity index (χ2v) is 8.08. The number of nitrogens with one attached hydrogen (secondary N) is 1. The van der Waals surface area contributed by atoms with Crippen molar-refractivity contribution in [3.05, 3.63) is 34.5 Å². The van der Waals surface area contributed by atoms with Gasteiger partial charge in [0.1, 0.15) is 0 Å². The van der Waals surface area contributed by atoms with Gasteiger partial charge in [-0.2, -0.15) is 0 Å². The largest absolute Gasteiger partial charge is 0.481 e. The molecule has 0 unspecified atom stereocenters. The minimum absolute atomic E-state index is 0.0561. The number of rotatable bonds is 11. The lowest BCUT2D eigenvalue weighted by molar-refractivity contribution is -0.137. The number of carboxylic acids is 1. The first-order valence-corrected chi connectivity index (χ1v) is 10.5. The van der Waals surface area contributed by atoms with Gasteiger partial charge in [0.15, 0.2) is 0 Å². The van der Waals surface area contributed by atoms with E-state index in [0.717, 1.165) is 6.42 Å². The standard InChI is InChI=1S/C20H29NO6S/c22-17-12-18(23)16(15(17)7-3-1-2-4-8-19(24)25)13-27-20(26)21-10-9-14-6-5-11-28-14/h1,3,5-6,11,15-18,22-23H,2,4,7-10,12-13H2,(H,21,26)(H,24,25)/b3-1-/t15-,16-,17+,18-/m1/s1. The molecule has 0 radical (unpaired) electrons. The van der Waals surface area contributed by atoms with Crippen LogP contribution >= 0.6 is 11.3 Å². The fraction of sp³-hybridized carbons (Fsp3) is 0.600. The summed E-state index contributed by atoms with van der Waals surface area (Å²) in [6.45, 7) is 0.540. The van der Waals surface area contributed by atoms with Crippen molar-refractivity contribution in [1.82, 2.24) is 5.32 Å². The van der Waals surface area contributed by atoms with E-state index in [2.05, 4.69) is 5.32 Å². The Morgan fingerprint density at radius 3 is 2.75 bits per heavy atom. The zero-order valence-electron chi connectivity index (χ0n) is 15.8. The summed E-state index contributed by atoms with van der Waals surface area (Å²) in [7, 11) is 0. The summed E-state index contributed by atoms with van der Waals surface area (Å²) in [5.41, 5.74) is 0. The number of amides is 1. The molecule has 1 amide bonds. The van der Waals surface area contributed by atoms with Crippen LogP contribution in [0.4, 0.5) is 4.79 Å². The van der Waals surface area contributed by atoms with Crippen molar-refractivity contribution in [3.8, 4) is 0 Å². The van der Waals surface area contributed by atoms with Crippen LogP contribution < -0.4 is 5.32 Å². The predicted molar refractivity (Wildman–Crippen MR) is 106 cm³/mol. The number of unbranched alkanes of at least 4 members (excludes halogenated alkanes) is 1. The lowest BCUT2D eigenvalue weighted by Crippen LogP contribution is -2.32. The van der Waals surface area contributed by atoms with Crippen molar-refractivity contribution in [2.24, 2.45) is 11.8 Å². The summed E-state index contributed by atoms with van der Waals surface area (Å²) in [4.78, 5) is 23.5. The third kappa shape index (κ3) is 7.61. The molecule has 7 nitrogen and oxygen atoms in total. The summed E-state index contributed by atoms with van der Waals surface area (Å²) in [5.74, 6) is -1.32. The molecule has 1 heterocycles. The Kier molecular flexibility index (Phi) is 9.46. The SMILES string of the molecule is O=C(O)CCC/C=C\C[C@@H]1[C@@H](COC(=O)NCCc2cccs2)[C@H](O)C[C@@H]1O. The zero-order chi connectivity index (χ0) is 20.4. The van der Waals surface area contributed by atoms with E-state index in [4.69, 9.17) is 9.84 Å². The van der Waals surface area contributed by atoms with Crippen molar-refractivity contribution in [2.45, 2.75) is 50.7 Å². The number of ether oxygens (including phenoxy) is 1. The van der Waals surface area contributed by atoms with E-state index in [1.54, 1.807) is 11.3 Å². The molecule has 0 aromatic carbocycles. The van der Waals surface area contributed by atoms with Gasteiger partial charge in [0.2, 0.25) is 0 Å². The van der Waals surface area contributed by atoms with Crippen LogP contribution in [0.5, 0.6) is 0 Å². The van der Waals surface area contributed by atoms with Gasteiger partial charge in [-0.25, -0.2) is 4.79 Å². The highest BCUT2D eigenvalue weighted by molar-refractivity contribution is 7.09. The molecule has 1 aromatic rings. The first kappa shape index (κ1) is 22.4. The van der Waals surface area contributed by atoms with Gasteiger partial charge in [0.25, 0.3) is 0 Å². The van der Waals surface area contributed by atoms with Crippen molar-refractivity contribution in [2.75, 3.05) is 13.2 Å². The number of carbonyl (C=O) groups excluding carboxylic acids is 1. The third-order valence-electron chi connectivity index (χ3n) is 4.99. The average molecular weight is 412 g/mol. The van der Waals surface area contributed by atoms with Gasteiger partial charge in [-0.3, -0.25) is 4.79 Å². The van der Waals surface area contributed by atoms with E-state index >= 15 is 0 Å². The maximum absolute atomic E-state index is 11.9. The van der Waals surface area contributed by atoms with Crippen LogP contribution in [0.3, 0.4) is 0 Å². The summed E-state index contributed by atoms with van der Waals surface area (Å²) >= 11 is 1.63. The van der Waals surface area contributed by atoms with Crippen LogP contribution in [0.2, 0.25) is 0 Å². The molecule has 2 rings (SSSR count). The van der Waals surface area contributed by atoms with Gasteiger partial charge in [-0.05, 0) is 49.5 Å². The van der Waals surface area contributed by atoms with Crippen molar-refractivity contribution in [1.29, 1.82) is 0 Å². The Bertz CT molecular complexity index is 633.